The number of aromatic nitrogens is 5. The number of carboxylic acid groups (broad SMARTS) is 1. The van der Waals surface area contributed by atoms with Gasteiger partial charge in [-0.25, -0.2) is 19.2 Å². The summed E-state index contributed by atoms with van der Waals surface area (Å²) in [4.78, 5) is 34.1. The Bertz CT molecular complexity index is 1440. The Labute approximate surface area is 194 Å². The fourth-order valence-corrected chi connectivity index (χ4v) is 3.52. The number of alkyl halides is 3. The van der Waals surface area contributed by atoms with Gasteiger partial charge in [0.15, 0.2) is 11.3 Å². The van der Waals surface area contributed by atoms with Gasteiger partial charge in [-0.15, -0.1) is 0 Å². The topological polar surface area (TPSA) is 138 Å². The molecule has 14 heteroatoms. The highest BCUT2D eigenvalue weighted by Crippen LogP contribution is 2.30. The van der Waals surface area contributed by atoms with Gasteiger partial charge in [0.25, 0.3) is 5.91 Å². The smallest absolute Gasteiger partial charge is 0.475 e. The number of amides is 1. The molecule has 4 N–H and O–H groups in total. The summed E-state index contributed by atoms with van der Waals surface area (Å²) in [5.41, 5.74) is 2.50. The Balaban J connectivity index is 0.000000364. The summed E-state index contributed by atoms with van der Waals surface area (Å²) in [5, 5.41) is 18.5. The molecule has 3 aromatic heterocycles. The highest BCUT2D eigenvalue weighted by Gasteiger charge is 2.38. The van der Waals surface area contributed by atoms with Crippen molar-refractivity contribution in [3.05, 3.63) is 42.0 Å². The molecule has 0 atom stereocenters. The zero-order valence-corrected chi connectivity index (χ0v) is 18.4. The molecule has 0 unspecified atom stereocenters. The van der Waals surface area contributed by atoms with E-state index in [2.05, 4.69) is 30.7 Å². The average Bonchev–Trinajstić information content (AvgIpc) is 3.35. The van der Waals surface area contributed by atoms with Crippen LogP contribution in [0.5, 0.6) is 0 Å². The van der Waals surface area contributed by atoms with Crippen molar-refractivity contribution < 1.29 is 32.3 Å². The average molecular weight is 493 g/mol. The second-order valence-corrected chi connectivity index (χ2v) is 8.19. The molecule has 0 spiro atoms. The van der Waals surface area contributed by atoms with Crippen LogP contribution in [-0.2, 0) is 11.8 Å². The van der Waals surface area contributed by atoms with Gasteiger partial charge >= 0.3 is 12.1 Å². The molecule has 1 amide bonds. The molecule has 0 bridgehead atoms. The van der Waals surface area contributed by atoms with Crippen LogP contribution < -0.4 is 10.6 Å². The Morgan fingerprint density at radius 2 is 1.86 bits per heavy atom. The number of H-pyrrole nitrogens is 1. The van der Waals surface area contributed by atoms with Crippen LogP contribution in [0.15, 0.2) is 30.5 Å². The first-order valence-electron chi connectivity index (χ1n) is 10.2. The number of hydrogen-bond donors (Lipinski definition) is 4. The van der Waals surface area contributed by atoms with Crippen molar-refractivity contribution in [2.75, 3.05) is 13.1 Å². The molecule has 1 saturated heterocycles. The van der Waals surface area contributed by atoms with E-state index in [0.29, 0.717) is 46.5 Å². The van der Waals surface area contributed by atoms with Crippen molar-refractivity contribution in [3.63, 3.8) is 0 Å². The molecule has 1 aliphatic heterocycles. The van der Waals surface area contributed by atoms with Crippen molar-refractivity contribution in [1.29, 1.82) is 0 Å². The van der Waals surface area contributed by atoms with Crippen LogP contribution in [0.1, 0.15) is 17.4 Å². The van der Waals surface area contributed by atoms with E-state index in [1.807, 2.05) is 6.92 Å². The summed E-state index contributed by atoms with van der Waals surface area (Å²) in [6.07, 6.45) is -3.36. The van der Waals surface area contributed by atoms with E-state index in [-0.39, 0.29) is 23.0 Å². The van der Waals surface area contributed by atoms with Crippen LogP contribution in [0.2, 0.25) is 0 Å². The maximum absolute atomic E-state index is 13.7. The number of aryl methyl sites for hydroxylation is 1. The molecule has 0 aliphatic carbocycles. The first kappa shape index (κ1) is 24.1. The number of carbonyl (C=O) groups excluding carboxylic acids is 1. The maximum Gasteiger partial charge on any atom is 0.490 e. The molecule has 0 saturated carbocycles. The van der Waals surface area contributed by atoms with Gasteiger partial charge in [0.1, 0.15) is 22.7 Å². The third-order valence-corrected chi connectivity index (χ3v) is 5.33. The second-order valence-electron chi connectivity index (χ2n) is 8.19. The van der Waals surface area contributed by atoms with Crippen LogP contribution in [0, 0.1) is 5.82 Å². The van der Waals surface area contributed by atoms with E-state index in [1.54, 1.807) is 30.1 Å². The van der Waals surface area contributed by atoms with Gasteiger partial charge in [0.05, 0.1) is 11.1 Å². The molecular weight excluding hydrogens is 474 g/mol. The zero-order valence-electron chi connectivity index (χ0n) is 18.4. The van der Waals surface area contributed by atoms with Gasteiger partial charge in [0, 0.05) is 31.7 Å². The normalized spacial score (nSPS) is 14.8. The van der Waals surface area contributed by atoms with Crippen molar-refractivity contribution in [1.82, 2.24) is 35.4 Å². The van der Waals surface area contributed by atoms with E-state index in [1.165, 1.54) is 12.1 Å². The monoisotopic (exact) mass is 493 g/mol. The van der Waals surface area contributed by atoms with Crippen LogP contribution >= 0.6 is 0 Å². The Kier molecular flexibility index (Phi) is 5.92. The second kappa shape index (κ2) is 8.61. The first-order valence-corrected chi connectivity index (χ1v) is 10.2. The predicted octanol–water partition coefficient (Wildman–Crippen LogP) is 2.38. The van der Waals surface area contributed by atoms with Gasteiger partial charge in [-0.2, -0.15) is 18.3 Å². The minimum atomic E-state index is -5.08. The maximum atomic E-state index is 13.7. The fraction of sp³-hybridized carbons (Fsp3) is 0.286. The highest BCUT2D eigenvalue weighted by molar-refractivity contribution is 6.03. The number of benzene rings is 1. The lowest BCUT2D eigenvalue weighted by molar-refractivity contribution is -0.192. The number of hydrogen-bond acceptors (Lipinski definition) is 6. The summed E-state index contributed by atoms with van der Waals surface area (Å²) in [6, 6.07) is 6.22. The fourth-order valence-electron chi connectivity index (χ4n) is 3.52. The summed E-state index contributed by atoms with van der Waals surface area (Å²) < 4.78 is 47.0. The van der Waals surface area contributed by atoms with E-state index in [9.17, 15) is 22.4 Å². The quantitative estimate of drug-likeness (QED) is 0.322. The Hall–Kier alpha value is -4.07. The van der Waals surface area contributed by atoms with E-state index in [0.717, 1.165) is 0 Å². The molecule has 10 nitrogen and oxygen atoms in total. The Morgan fingerprint density at radius 1 is 1.17 bits per heavy atom. The molecule has 35 heavy (non-hydrogen) atoms. The van der Waals surface area contributed by atoms with Crippen molar-refractivity contribution >= 4 is 33.9 Å². The summed E-state index contributed by atoms with van der Waals surface area (Å²) in [7, 11) is 1.73. The molecule has 1 fully saturated rings. The number of nitrogens with zero attached hydrogens (tertiary/aromatic N) is 4. The lowest BCUT2D eigenvalue weighted by Crippen LogP contribution is -2.67. The van der Waals surface area contributed by atoms with E-state index < -0.39 is 12.1 Å². The van der Waals surface area contributed by atoms with Crippen LogP contribution in [0.3, 0.4) is 0 Å². The van der Waals surface area contributed by atoms with E-state index >= 15 is 0 Å². The van der Waals surface area contributed by atoms with Crippen molar-refractivity contribution in [2.24, 2.45) is 7.05 Å². The first-order chi connectivity index (χ1) is 16.4. The number of carboxylic acids is 1. The molecule has 1 aromatic carbocycles. The zero-order chi connectivity index (χ0) is 25.5. The van der Waals surface area contributed by atoms with Gasteiger partial charge < -0.3 is 20.7 Å². The molecule has 0 radical (unpaired) electrons. The number of carbonyl (C=O) groups is 2. The Morgan fingerprint density at radius 3 is 2.46 bits per heavy atom. The molecule has 4 aromatic rings. The van der Waals surface area contributed by atoms with Gasteiger partial charge in [-0.1, -0.05) is 0 Å². The van der Waals surface area contributed by atoms with Gasteiger partial charge in [-0.05, 0) is 31.2 Å². The minimum Gasteiger partial charge on any atom is -0.475 e. The number of fused-ring (bicyclic) bond motifs is 2. The lowest BCUT2D eigenvalue weighted by atomic mass is 9.95. The standard InChI is InChI=1S/C19H18FN7O.C2HF3O2/c1-19(8-21-9-19)25-18(28)16-15(23-12-5-6-22-17(12)24-16)14-11-4-3-10(20)7-13(11)27(2)26-14;3-2(4,5)1(6)7/h3-7,21H,8-9H2,1-2H3,(H,22,24)(H,25,28);(H,6,7). The largest absolute Gasteiger partial charge is 0.490 e. The summed E-state index contributed by atoms with van der Waals surface area (Å²) >= 11 is 0. The number of nitrogens with one attached hydrogen (secondary N) is 3. The third kappa shape index (κ3) is 4.77. The molecule has 4 heterocycles. The van der Waals surface area contributed by atoms with Crippen molar-refractivity contribution in [2.45, 2.75) is 18.6 Å². The number of rotatable bonds is 3. The molecule has 184 valence electrons. The lowest BCUT2D eigenvalue weighted by Gasteiger charge is -2.39. The van der Waals surface area contributed by atoms with Gasteiger partial charge in [-0.3, -0.25) is 9.48 Å². The van der Waals surface area contributed by atoms with Crippen LogP contribution in [0.25, 0.3) is 33.5 Å². The summed E-state index contributed by atoms with van der Waals surface area (Å²) in [6.45, 7) is 3.36. The van der Waals surface area contributed by atoms with E-state index in [4.69, 9.17) is 9.90 Å². The summed E-state index contributed by atoms with van der Waals surface area (Å²) in [5.74, 6) is -3.42. The van der Waals surface area contributed by atoms with Crippen LogP contribution in [-0.4, -0.2) is 66.5 Å². The third-order valence-electron chi connectivity index (χ3n) is 5.33. The molecule has 1 aliphatic rings. The minimum absolute atomic E-state index is 0.187. The number of halogens is 4. The van der Waals surface area contributed by atoms with Gasteiger partial charge in [0.2, 0.25) is 0 Å². The number of aromatic amines is 1. The van der Waals surface area contributed by atoms with Crippen LogP contribution in [0.4, 0.5) is 17.6 Å². The predicted molar refractivity (Wildman–Crippen MR) is 116 cm³/mol. The SMILES string of the molecule is Cn1nc(-c2nc3cc[nH]c3nc2C(=O)NC2(C)CNC2)c2ccc(F)cc21.O=C(O)C(F)(F)F. The highest BCUT2D eigenvalue weighted by atomic mass is 19.4. The molecule has 5 rings (SSSR count). The number of aliphatic carboxylic acids is 1. The molecular formula is C21H19F4N7O3. The van der Waals surface area contributed by atoms with Crippen molar-refractivity contribution in [3.8, 4) is 11.4 Å².